The largest absolute Gasteiger partial charge is 0.494 e. The van der Waals surface area contributed by atoms with Crippen LogP contribution in [0, 0.1) is 23.7 Å². The van der Waals surface area contributed by atoms with Crippen molar-refractivity contribution >= 4 is 34.9 Å². The van der Waals surface area contributed by atoms with Crippen LogP contribution in [-0.2, 0) is 20.7 Å². The van der Waals surface area contributed by atoms with Gasteiger partial charge >= 0.3 is 11.9 Å². The van der Waals surface area contributed by atoms with Crippen molar-refractivity contribution in [1.29, 1.82) is 0 Å². The quantitative estimate of drug-likeness (QED) is 0.0482. The lowest BCUT2D eigenvalue weighted by Gasteiger charge is -2.10. The average Bonchev–Trinajstić information content (AvgIpc) is 3.10. The highest BCUT2D eigenvalue weighted by atomic mass is 16.5. The van der Waals surface area contributed by atoms with Gasteiger partial charge in [0, 0.05) is 46.4 Å². The third kappa shape index (κ3) is 9.86. The van der Waals surface area contributed by atoms with E-state index >= 15 is 0 Å². The second-order valence-corrected chi connectivity index (χ2v) is 11.0. The summed E-state index contributed by atoms with van der Waals surface area (Å²) in [4.78, 5) is 22.6. The summed E-state index contributed by atoms with van der Waals surface area (Å²) in [5.41, 5.74) is 6.12. The SMILES string of the molecule is C=CC(=O)OCCCCCCOc1ccc2cc(C#Cc3ccc(C#Cc4ccc(OC(C)=O)c(C=C)c4C=C)cc3CC)ccc2c1. The van der Waals surface area contributed by atoms with Crippen molar-refractivity contribution in [3.8, 4) is 35.2 Å². The first-order valence-electron chi connectivity index (χ1n) is 16.1. The number of hydrogen-bond acceptors (Lipinski definition) is 5. The first-order valence-corrected chi connectivity index (χ1v) is 16.1. The molecule has 0 aliphatic heterocycles. The molecule has 0 bridgehead atoms. The molecule has 0 saturated carbocycles. The molecule has 4 rings (SSSR count). The first-order chi connectivity index (χ1) is 23.3. The van der Waals surface area contributed by atoms with E-state index in [0.717, 1.165) is 82.0 Å². The van der Waals surface area contributed by atoms with Crippen LogP contribution in [0.2, 0.25) is 0 Å². The molecule has 0 aliphatic carbocycles. The summed E-state index contributed by atoms with van der Waals surface area (Å²) in [6.07, 6.45) is 9.12. The Hall–Kier alpha value is -5.78. The van der Waals surface area contributed by atoms with Gasteiger partial charge in [-0.1, -0.05) is 74.6 Å². The number of rotatable bonds is 13. The fourth-order valence-electron chi connectivity index (χ4n) is 5.14. The summed E-state index contributed by atoms with van der Waals surface area (Å²) in [5.74, 6) is 13.7. The van der Waals surface area contributed by atoms with Gasteiger partial charge in [0.25, 0.3) is 0 Å². The molecule has 0 amide bonds. The summed E-state index contributed by atoms with van der Waals surface area (Å²) in [7, 11) is 0. The van der Waals surface area contributed by atoms with E-state index in [1.165, 1.54) is 13.0 Å². The van der Waals surface area contributed by atoms with Crippen LogP contribution in [-0.4, -0.2) is 25.2 Å². The summed E-state index contributed by atoms with van der Waals surface area (Å²) < 4.78 is 16.3. The standard InChI is InChI=1S/C43H40O5/c1-6-34-28-32(16-20-36-23-25-42(48-31(5)44)41(8-3)40(36)7-2)14-18-35(34)19-15-33-17-21-38-30-39(24-22-37(38)29-33)46-26-12-10-11-13-27-47-43(45)9-4/h7-9,14,17-18,21-25,28-30H,2-4,6,10-13,26-27H2,1,5H3. The Labute approximate surface area is 283 Å². The average molecular weight is 637 g/mol. The van der Waals surface area contributed by atoms with Crippen LogP contribution in [0.3, 0.4) is 0 Å². The minimum Gasteiger partial charge on any atom is -0.494 e. The van der Waals surface area contributed by atoms with Gasteiger partial charge in [-0.25, -0.2) is 4.79 Å². The molecule has 0 aliphatic rings. The Morgan fingerprint density at radius 1 is 0.708 bits per heavy atom. The van der Waals surface area contributed by atoms with Gasteiger partial charge in [-0.05, 0) is 103 Å². The molecule has 0 radical (unpaired) electrons. The predicted molar refractivity (Wildman–Crippen MR) is 195 cm³/mol. The molecule has 0 heterocycles. The fourth-order valence-corrected chi connectivity index (χ4v) is 5.14. The topological polar surface area (TPSA) is 61.8 Å². The van der Waals surface area contributed by atoms with Gasteiger partial charge in [0.15, 0.2) is 0 Å². The summed E-state index contributed by atoms with van der Waals surface area (Å²) >= 11 is 0. The van der Waals surface area contributed by atoms with Gasteiger partial charge in [0.2, 0.25) is 0 Å². The van der Waals surface area contributed by atoms with Crippen LogP contribution in [0.15, 0.2) is 92.5 Å². The van der Waals surface area contributed by atoms with E-state index in [-0.39, 0.29) is 5.97 Å². The molecule has 4 aromatic rings. The van der Waals surface area contributed by atoms with Crippen LogP contribution in [0.25, 0.3) is 22.9 Å². The zero-order valence-electron chi connectivity index (χ0n) is 27.7. The van der Waals surface area contributed by atoms with Crippen LogP contribution in [0.4, 0.5) is 0 Å². The Kier molecular flexibility index (Phi) is 13.0. The lowest BCUT2D eigenvalue weighted by atomic mass is 9.98. The molecule has 0 aromatic heterocycles. The number of unbranched alkanes of at least 4 members (excludes halogenated alkanes) is 3. The fraction of sp³-hybridized carbons (Fsp3) is 0.209. The number of benzene rings is 4. The second-order valence-electron chi connectivity index (χ2n) is 11.0. The van der Waals surface area contributed by atoms with E-state index < -0.39 is 5.97 Å². The van der Waals surface area contributed by atoms with Gasteiger partial charge < -0.3 is 14.2 Å². The van der Waals surface area contributed by atoms with Crippen LogP contribution < -0.4 is 9.47 Å². The summed E-state index contributed by atoms with van der Waals surface area (Å²) in [6, 6.07) is 21.9. The molecule has 0 fully saturated rings. The highest BCUT2D eigenvalue weighted by molar-refractivity contribution is 5.85. The normalized spacial score (nSPS) is 10.1. The van der Waals surface area contributed by atoms with Gasteiger partial charge in [0.1, 0.15) is 11.5 Å². The highest BCUT2D eigenvalue weighted by Crippen LogP contribution is 2.28. The van der Waals surface area contributed by atoms with Gasteiger partial charge in [-0.15, -0.1) is 0 Å². The van der Waals surface area contributed by atoms with Crippen LogP contribution >= 0.6 is 0 Å². The number of hydrogen-bond donors (Lipinski definition) is 0. The zero-order valence-corrected chi connectivity index (χ0v) is 27.7. The zero-order chi connectivity index (χ0) is 34.3. The van der Waals surface area contributed by atoms with E-state index in [9.17, 15) is 9.59 Å². The van der Waals surface area contributed by atoms with Crippen molar-refractivity contribution in [3.63, 3.8) is 0 Å². The molecule has 0 atom stereocenters. The molecule has 5 heteroatoms. The van der Waals surface area contributed by atoms with E-state index in [4.69, 9.17) is 14.2 Å². The van der Waals surface area contributed by atoms with Crippen molar-refractivity contribution in [1.82, 2.24) is 0 Å². The molecule has 5 nitrogen and oxygen atoms in total. The number of aryl methyl sites for hydroxylation is 1. The minimum atomic E-state index is -0.398. The van der Waals surface area contributed by atoms with Crippen LogP contribution in [0.5, 0.6) is 11.5 Å². The molecule has 48 heavy (non-hydrogen) atoms. The Morgan fingerprint density at radius 3 is 2.06 bits per heavy atom. The maximum atomic E-state index is 11.5. The smallest absolute Gasteiger partial charge is 0.330 e. The van der Waals surface area contributed by atoms with Crippen molar-refractivity contribution in [2.75, 3.05) is 13.2 Å². The molecule has 242 valence electrons. The first kappa shape index (κ1) is 35.1. The van der Waals surface area contributed by atoms with E-state index in [2.05, 4.69) is 80.7 Å². The van der Waals surface area contributed by atoms with E-state index in [0.29, 0.717) is 24.5 Å². The summed E-state index contributed by atoms with van der Waals surface area (Å²) in [6.45, 7) is 15.7. The Morgan fingerprint density at radius 2 is 1.35 bits per heavy atom. The predicted octanol–water partition coefficient (Wildman–Crippen LogP) is 9.08. The monoisotopic (exact) mass is 636 g/mol. The molecular weight excluding hydrogens is 596 g/mol. The number of esters is 2. The van der Waals surface area contributed by atoms with Gasteiger partial charge in [0.05, 0.1) is 13.2 Å². The van der Waals surface area contributed by atoms with Gasteiger partial charge in [-0.3, -0.25) is 4.79 Å². The highest BCUT2D eigenvalue weighted by Gasteiger charge is 2.11. The molecule has 0 unspecified atom stereocenters. The molecule has 0 saturated heterocycles. The molecular formula is C43H40O5. The Bertz CT molecular complexity index is 1960. The number of carbonyl (C=O) groups is 2. The van der Waals surface area contributed by atoms with E-state index in [1.807, 2.05) is 30.3 Å². The van der Waals surface area contributed by atoms with Gasteiger partial charge in [-0.2, -0.15) is 0 Å². The van der Waals surface area contributed by atoms with Crippen molar-refractivity contribution in [2.24, 2.45) is 0 Å². The third-order valence-corrected chi connectivity index (χ3v) is 7.61. The number of fused-ring (bicyclic) bond motifs is 1. The second kappa shape index (κ2) is 17.8. The lowest BCUT2D eigenvalue weighted by Crippen LogP contribution is -2.04. The Balaban J connectivity index is 1.40. The maximum Gasteiger partial charge on any atom is 0.330 e. The van der Waals surface area contributed by atoms with E-state index in [1.54, 1.807) is 18.2 Å². The van der Waals surface area contributed by atoms with Crippen molar-refractivity contribution in [3.05, 3.63) is 131 Å². The lowest BCUT2D eigenvalue weighted by molar-refractivity contribution is -0.138. The molecule has 4 aromatic carbocycles. The number of carbonyl (C=O) groups excluding carboxylic acids is 2. The maximum absolute atomic E-state index is 11.5. The number of ether oxygens (including phenoxy) is 3. The third-order valence-electron chi connectivity index (χ3n) is 7.61. The molecule has 0 N–H and O–H groups in total. The molecule has 0 spiro atoms. The van der Waals surface area contributed by atoms with Crippen molar-refractivity contribution < 1.29 is 23.8 Å². The summed E-state index contributed by atoms with van der Waals surface area (Å²) in [5, 5.41) is 2.20. The van der Waals surface area contributed by atoms with Crippen LogP contribution in [0.1, 0.15) is 78.5 Å². The minimum absolute atomic E-state index is 0.373. The van der Waals surface area contributed by atoms with Crippen molar-refractivity contribution in [2.45, 2.75) is 46.0 Å².